The van der Waals surface area contributed by atoms with Gasteiger partial charge in [-0.25, -0.2) is 4.79 Å². The van der Waals surface area contributed by atoms with E-state index in [1.807, 2.05) is 0 Å². The highest BCUT2D eigenvalue weighted by molar-refractivity contribution is 6.43. The molecule has 0 fully saturated rings. The van der Waals surface area contributed by atoms with E-state index < -0.39 is 5.97 Å². The zero-order valence-electron chi connectivity index (χ0n) is 10.9. The first-order chi connectivity index (χ1) is 9.74. The molecule has 20 heavy (non-hydrogen) atoms. The summed E-state index contributed by atoms with van der Waals surface area (Å²) in [5.41, 5.74) is 2.84. The molecule has 0 unspecified atom stereocenters. The standard InChI is InChI=1S/C13H13N3O4/c1-2-18-13(17)10(8-14)16-15-9-3-4-11-12(7-9)20-6-5-19-11/h3-4,7,15H,2,5-6H2,1H3/b16-10+. The topological polar surface area (TPSA) is 92.9 Å². The van der Waals surface area contributed by atoms with Gasteiger partial charge < -0.3 is 14.2 Å². The van der Waals surface area contributed by atoms with Crippen molar-refractivity contribution in [3.63, 3.8) is 0 Å². The Bertz CT molecular complexity index is 577. The molecule has 1 heterocycles. The SMILES string of the molecule is CCOC(=O)/C(C#N)=N/Nc1ccc2c(c1)OCCO2. The maximum Gasteiger partial charge on any atom is 0.369 e. The van der Waals surface area contributed by atoms with Gasteiger partial charge in [-0.15, -0.1) is 0 Å². The van der Waals surface area contributed by atoms with E-state index in [9.17, 15) is 4.79 Å². The van der Waals surface area contributed by atoms with Crippen LogP contribution in [-0.2, 0) is 9.53 Å². The molecule has 1 aromatic rings. The Morgan fingerprint density at radius 2 is 2.20 bits per heavy atom. The molecule has 0 atom stereocenters. The number of hydrogen-bond acceptors (Lipinski definition) is 7. The maximum atomic E-state index is 11.4. The first-order valence-corrected chi connectivity index (χ1v) is 6.05. The third kappa shape index (κ3) is 3.17. The van der Waals surface area contributed by atoms with Crippen LogP contribution in [0, 0.1) is 11.3 Å². The van der Waals surface area contributed by atoms with Gasteiger partial charge in [-0.1, -0.05) is 0 Å². The van der Waals surface area contributed by atoms with Crippen molar-refractivity contribution in [3.05, 3.63) is 18.2 Å². The summed E-state index contributed by atoms with van der Waals surface area (Å²) in [5, 5.41) is 12.5. The van der Waals surface area contributed by atoms with Gasteiger partial charge in [0.1, 0.15) is 19.3 Å². The molecule has 0 bridgehead atoms. The van der Waals surface area contributed by atoms with Crippen molar-refractivity contribution in [1.82, 2.24) is 0 Å². The molecule has 0 saturated heterocycles. The van der Waals surface area contributed by atoms with Gasteiger partial charge in [0.15, 0.2) is 11.5 Å². The number of anilines is 1. The van der Waals surface area contributed by atoms with Crippen LogP contribution in [0.1, 0.15) is 6.92 Å². The fourth-order valence-corrected chi connectivity index (χ4v) is 1.55. The van der Waals surface area contributed by atoms with E-state index in [1.165, 1.54) is 0 Å². The predicted octanol–water partition coefficient (Wildman–Crippen LogP) is 1.31. The van der Waals surface area contributed by atoms with Crippen LogP contribution in [0.4, 0.5) is 5.69 Å². The molecule has 1 aliphatic rings. The number of fused-ring (bicyclic) bond motifs is 1. The van der Waals surface area contributed by atoms with Crippen molar-refractivity contribution in [2.24, 2.45) is 5.10 Å². The lowest BCUT2D eigenvalue weighted by Crippen LogP contribution is -2.17. The molecule has 1 aromatic carbocycles. The maximum absolute atomic E-state index is 11.4. The minimum atomic E-state index is -0.764. The van der Waals surface area contributed by atoms with Gasteiger partial charge in [-0.2, -0.15) is 10.4 Å². The van der Waals surface area contributed by atoms with E-state index in [0.717, 1.165) is 0 Å². The Morgan fingerprint density at radius 1 is 1.45 bits per heavy atom. The van der Waals surface area contributed by atoms with Crippen LogP contribution in [0.15, 0.2) is 23.3 Å². The third-order valence-electron chi connectivity index (χ3n) is 2.41. The number of carbonyl (C=O) groups excluding carboxylic acids is 1. The van der Waals surface area contributed by atoms with Gasteiger partial charge in [0, 0.05) is 6.07 Å². The Balaban J connectivity index is 2.10. The van der Waals surface area contributed by atoms with Crippen LogP contribution in [-0.4, -0.2) is 31.5 Å². The minimum absolute atomic E-state index is 0.184. The van der Waals surface area contributed by atoms with Crippen LogP contribution < -0.4 is 14.9 Å². The Kier molecular flexibility index (Phi) is 4.39. The molecule has 7 heteroatoms. The average molecular weight is 275 g/mol. The average Bonchev–Trinajstić information content (AvgIpc) is 2.48. The van der Waals surface area contributed by atoms with Crippen molar-refractivity contribution < 1.29 is 19.0 Å². The Morgan fingerprint density at radius 3 is 2.90 bits per heavy atom. The van der Waals surface area contributed by atoms with Crippen LogP contribution >= 0.6 is 0 Å². The summed E-state index contributed by atoms with van der Waals surface area (Å²) < 4.78 is 15.5. The quantitative estimate of drug-likeness (QED) is 0.506. The van der Waals surface area contributed by atoms with Gasteiger partial charge in [0.05, 0.1) is 12.3 Å². The number of carbonyl (C=O) groups is 1. The van der Waals surface area contributed by atoms with E-state index in [2.05, 4.69) is 10.5 Å². The minimum Gasteiger partial charge on any atom is -0.486 e. The van der Waals surface area contributed by atoms with Gasteiger partial charge in [0.2, 0.25) is 5.71 Å². The van der Waals surface area contributed by atoms with Gasteiger partial charge in [-0.05, 0) is 19.1 Å². The Labute approximate surface area is 115 Å². The third-order valence-corrected chi connectivity index (χ3v) is 2.41. The number of nitrogens with zero attached hydrogens (tertiary/aromatic N) is 2. The fourth-order valence-electron chi connectivity index (χ4n) is 1.55. The summed E-state index contributed by atoms with van der Waals surface area (Å²) in [4.78, 5) is 11.4. The van der Waals surface area contributed by atoms with Crippen LogP contribution in [0.25, 0.3) is 0 Å². The lowest BCUT2D eigenvalue weighted by Gasteiger charge is -2.18. The number of hydrazone groups is 1. The molecule has 0 aromatic heterocycles. The summed E-state index contributed by atoms with van der Waals surface area (Å²) in [6, 6.07) is 6.79. The highest BCUT2D eigenvalue weighted by atomic mass is 16.6. The van der Waals surface area contributed by atoms with Gasteiger partial charge in [0.25, 0.3) is 0 Å². The molecule has 0 spiro atoms. The highest BCUT2D eigenvalue weighted by Gasteiger charge is 2.13. The van der Waals surface area contributed by atoms with E-state index in [1.54, 1.807) is 31.2 Å². The second-order valence-corrected chi connectivity index (χ2v) is 3.76. The lowest BCUT2D eigenvalue weighted by molar-refractivity contribution is -0.134. The number of esters is 1. The van der Waals surface area contributed by atoms with Gasteiger partial charge in [-0.3, -0.25) is 5.43 Å². The zero-order chi connectivity index (χ0) is 14.4. The monoisotopic (exact) mass is 275 g/mol. The van der Waals surface area contributed by atoms with Crippen LogP contribution in [0.5, 0.6) is 11.5 Å². The molecule has 104 valence electrons. The van der Waals surface area contributed by atoms with Crippen molar-refractivity contribution >= 4 is 17.4 Å². The molecule has 0 amide bonds. The summed E-state index contributed by atoms with van der Waals surface area (Å²) in [6.07, 6.45) is 0. The van der Waals surface area contributed by atoms with E-state index >= 15 is 0 Å². The smallest absolute Gasteiger partial charge is 0.369 e. The molecule has 7 nitrogen and oxygen atoms in total. The number of rotatable bonds is 4. The first-order valence-electron chi connectivity index (χ1n) is 6.05. The molecule has 2 rings (SSSR count). The normalized spacial score (nSPS) is 13.3. The highest BCUT2D eigenvalue weighted by Crippen LogP contribution is 2.32. The second-order valence-electron chi connectivity index (χ2n) is 3.76. The largest absolute Gasteiger partial charge is 0.486 e. The number of benzene rings is 1. The molecule has 0 radical (unpaired) electrons. The van der Waals surface area contributed by atoms with Crippen LogP contribution in [0.3, 0.4) is 0 Å². The summed E-state index contributed by atoms with van der Waals surface area (Å²) in [6.45, 7) is 2.83. The van der Waals surface area contributed by atoms with E-state index in [0.29, 0.717) is 30.4 Å². The van der Waals surface area contributed by atoms with E-state index in [-0.39, 0.29) is 12.3 Å². The lowest BCUT2D eigenvalue weighted by atomic mass is 10.2. The summed E-state index contributed by atoms with van der Waals surface area (Å²) in [5.74, 6) is 0.475. The summed E-state index contributed by atoms with van der Waals surface area (Å²) >= 11 is 0. The van der Waals surface area contributed by atoms with Crippen molar-refractivity contribution in [1.29, 1.82) is 5.26 Å². The molecule has 0 aliphatic carbocycles. The van der Waals surface area contributed by atoms with Gasteiger partial charge >= 0.3 is 5.97 Å². The van der Waals surface area contributed by atoms with Crippen LogP contribution in [0.2, 0.25) is 0 Å². The molecule has 0 saturated carbocycles. The second kappa shape index (κ2) is 6.43. The Hall–Kier alpha value is -2.75. The molecular weight excluding hydrogens is 262 g/mol. The zero-order valence-corrected chi connectivity index (χ0v) is 10.9. The number of ether oxygens (including phenoxy) is 3. The van der Waals surface area contributed by atoms with Crippen molar-refractivity contribution in [3.8, 4) is 17.6 Å². The fraction of sp³-hybridized carbons (Fsp3) is 0.308. The van der Waals surface area contributed by atoms with Crippen molar-refractivity contribution in [2.45, 2.75) is 6.92 Å². The number of hydrogen-bond donors (Lipinski definition) is 1. The first kappa shape index (κ1) is 13.7. The number of nitriles is 1. The molecule has 1 N–H and O–H groups in total. The van der Waals surface area contributed by atoms with E-state index in [4.69, 9.17) is 19.5 Å². The van der Waals surface area contributed by atoms with Crippen molar-refractivity contribution in [2.75, 3.05) is 25.2 Å². The molecule has 1 aliphatic heterocycles. The predicted molar refractivity (Wildman–Crippen MR) is 70.7 cm³/mol. The molecular formula is C13H13N3O4. The number of nitrogens with one attached hydrogen (secondary N) is 1. The summed E-state index contributed by atoms with van der Waals surface area (Å²) in [7, 11) is 0.